The van der Waals surface area contributed by atoms with Crippen LogP contribution in [0.1, 0.15) is 12.7 Å². The zero-order valence-electron chi connectivity index (χ0n) is 12.7. The van der Waals surface area contributed by atoms with Crippen molar-refractivity contribution in [3.8, 4) is 17.1 Å². The fourth-order valence-corrected chi connectivity index (χ4v) is 2.69. The summed E-state index contributed by atoms with van der Waals surface area (Å²) in [6.07, 6.45) is 3.51. The first-order valence-corrected chi connectivity index (χ1v) is 8.22. The van der Waals surface area contributed by atoms with Gasteiger partial charge in [-0.3, -0.25) is 4.68 Å². The fraction of sp³-hybridized carbons (Fsp3) is 0.267. The molecule has 23 heavy (non-hydrogen) atoms. The summed E-state index contributed by atoms with van der Waals surface area (Å²) in [5, 5.41) is 8.57. The van der Waals surface area contributed by atoms with Crippen LogP contribution in [0.2, 0.25) is 0 Å². The maximum Gasteiger partial charge on any atom is 0.181 e. The van der Waals surface area contributed by atoms with Gasteiger partial charge in [-0.1, -0.05) is 6.92 Å². The van der Waals surface area contributed by atoms with Gasteiger partial charge < -0.3 is 0 Å². The maximum absolute atomic E-state index is 13.4. The minimum atomic E-state index is -0.912. The Labute approximate surface area is 136 Å². The molecular formula is C15H15F2N5S. The topological polar surface area (TPSA) is 48.5 Å². The van der Waals surface area contributed by atoms with Crippen LogP contribution in [0.4, 0.5) is 8.78 Å². The van der Waals surface area contributed by atoms with E-state index in [4.69, 9.17) is 0 Å². The van der Waals surface area contributed by atoms with E-state index < -0.39 is 11.6 Å². The predicted molar refractivity (Wildman–Crippen MR) is 85.3 cm³/mol. The highest BCUT2D eigenvalue weighted by Gasteiger charge is 2.15. The van der Waals surface area contributed by atoms with E-state index in [0.29, 0.717) is 17.1 Å². The van der Waals surface area contributed by atoms with Crippen LogP contribution >= 0.6 is 11.8 Å². The van der Waals surface area contributed by atoms with Crippen molar-refractivity contribution in [2.24, 2.45) is 7.05 Å². The van der Waals surface area contributed by atoms with Crippen molar-refractivity contribution in [2.75, 3.05) is 5.75 Å². The first-order chi connectivity index (χ1) is 11.1. The van der Waals surface area contributed by atoms with Crippen LogP contribution in [0.3, 0.4) is 0 Å². The lowest BCUT2D eigenvalue weighted by molar-refractivity contribution is 0.509. The molecule has 1 aromatic carbocycles. The van der Waals surface area contributed by atoms with Crippen molar-refractivity contribution >= 4 is 11.8 Å². The van der Waals surface area contributed by atoms with Crippen LogP contribution in [0.15, 0.2) is 30.6 Å². The van der Waals surface area contributed by atoms with Crippen molar-refractivity contribution < 1.29 is 8.78 Å². The summed E-state index contributed by atoms with van der Waals surface area (Å²) in [5.41, 5.74) is 1.22. The highest BCUT2D eigenvalue weighted by atomic mass is 32.2. The van der Waals surface area contributed by atoms with E-state index in [1.807, 2.05) is 13.2 Å². The minimum Gasteiger partial charge on any atom is -0.274 e. The Kier molecular flexibility index (Phi) is 4.42. The van der Waals surface area contributed by atoms with Crippen LogP contribution in [0.5, 0.6) is 0 Å². The molecule has 8 heteroatoms. The van der Waals surface area contributed by atoms with E-state index in [1.54, 1.807) is 27.3 Å². The van der Waals surface area contributed by atoms with Crippen LogP contribution < -0.4 is 0 Å². The van der Waals surface area contributed by atoms with E-state index >= 15 is 0 Å². The molecule has 0 aliphatic heterocycles. The number of hydrogen-bond acceptors (Lipinski definition) is 4. The van der Waals surface area contributed by atoms with E-state index in [1.165, 1.54) is 6.07 Å². The standard InChI is InChI=1S/C15H15F2N5S/c1-3-23-9-14-19-15(10-4-5-12(16)13(17)6-10)20-22(14)11-7-18-21(2)8-11/h4-8H,3,9H2,1-2H3. The van der Waals surface area contributed by atoms with Crippen LogP contribution in [0, 0.1) is 11.6 Å². The largest absolute Gasteiger partial charge is 0.274 e. The molecule has 0 radical (unpaired) electrons. The molecular weight excluding hydrogens is 320 g/mol. The Morgan fingerprint density at radius 1 is 1.22 bits per heavy atom. The highest BCUT2D eigenvalue weighted by Crippen LogP contribution is 2.22. The van der Waals surface area contributed by atoms with Gasteiger partial charge in [-0.25, -0.2) is 18.4 Å². The molecule has 0 aliphatic rings. The molecule has 0 fully saturated rings. The van der Waals surface area contributed by atoms with Crippen molar-refractivity contribution in [1.29, 1.82) is 0 Å². The van der Waals surface area contributed by atoms with Gasteiger partial charge in [-0.15, -0.1) is 5.10 Å². The highest BCUT2D eigenvalue weighted by molar-refractivity contribution is 7.98. The molecule has 0 aliphatic carbocycles. The maximum atomic E-state index is 13.4. The van der Waals surface area contributed by atoms with E-state index in [2.05, 4.69) is 22.1 Å². The summed E-state index contributed by atoms with van der Waals surface area (Å²) in [6.45, 7) is 2.06. The van der Waals surface area contributed by atoms with Crippen molar-refractivity contribution in [2.45, 2.75) is 12.7 Å². The zero-order chi connectivity index (χ0) is 16.4. The van der Waals surface area contributed by atoms with Gasteiger partial charge in [0.15, 0.2) is 17.5 Å². The third-order valence-electron chi connectivity index (χ3n) is 3.22. The lowest BCUT2D eigenvalue weighted by atomic mass is 10.2. The fourth-order valence-electron chi connectivity index (χ4n) is 2.11. The lowest BCUT2D eigenvalue weighted by Crippen LogP contribution is -2.01. The molecule has 0 amide bonds. The lowest BCUT2D eigenvalue weighted by Gasteiger charge is -2.01. The van der Waals surface area contributed by atoms with Gasteiger partial charge in [0.25, 0.3) is 0 Å². The third kappa shape index (κ3) is 3.26. The quantitative estimate of drug-likeness (QED) is 0.718. The molecule has 0 unspecified atom stereocenters. The van der Waals surface area contributed by atoms with Crippen LogP contribution in [0.25, 0.3) is 17.1 Å². The number of nitrogens with zero attached hydrogens (tertiary/aromatic N) is 5. The molecule has 2 heterocycles. The summed E-state index contributed by atoms with van der Waals surface area (Å²) >= 11 is 1.71. The van der Waals surface area contributed by atoms with Gasteiger partial charge in [-0.2, -0.15) is 16.9 Å². The van der Waals surface area contributed by atoms with Crippen LogP contribution in [-0.2, 0) is 12.8 Å². The monoisotopic (exact) mass is 335 g/mol. The van der Waals surface area contributed by atoms with Gasteiger partial charge in [0.1, 0.15) is 11.5 Å². The molecule has 120 valence electrons. The van der Waals surface area contributed by atoms with Gasteiger partial charge in [-0.05, 0) is 24.0 Å². The van der Waals surface area contributed by atoms with Crippen molar-refractivity contribution in [1.82, 2.24) is 24.5 Å². The number of thioether (sulfide) groups is 1. The van der Waals surface area contributed by atoms with E-state index in [0.717, 1.165) is 29.4 Å². The minimum absolute atomic E-state index is 0.361. The Morgan fingerprint density at radius 2 is 2.04 bits per heavy atom. The molecule has 3 rings (SSSR count). The Balaban J connectivity index is 2.04. The van der Waals surface area contributed by atoms with Crippen LogP contribution in [-0.4, -0.2) is 30.3 Å². The second kappa shape index (κ2) is 6.49. The summed E-state index contributed by atoms with van der Waals surface area (Å²) in [6, 6.07) is 3.66. The molecule has 5 nitrogen and oxygen atoms in total. The summed E-state index contributed by atoms with van der Waals surface area (Å²) < 4.78 is 29.9. The number of hydrogen-bond donors (Lipinski definition) is 0. The first kappa shape index (κ1) is 15.7. The Bertz CT molecular complexity index is 827. The summed E-state index contributed by atoms with van der Waals surface area (Å²) in [5.74, 6) is 0.915. The van der Waals surface area contributed by atoms with Crippen molar-refractivity contribution in [3.05, 3.63) is 48.1 Å². The van der Waals surface area contributed by atoms with E-state index in [9.17, 15) is 8.78 Å². The van der Waals surface area contributed by atoms with Gasteiger partial charge in [0.05, 0.1) is 18.1 Å². The molecule has 0 N–H and O–H groups in total. The molecule has 2 aromatic heterocycles. The average Bonchev–Trinajstić information content (AvgIpc) is 3.14. The molecule has 0 bridgehead atoms. The second-order valence-electron chi connectivity index (χ2n) is 4.90. The normalized spacial score (nSPS) is 11.1. The van der Waals surface area contributed by atoms with E-state index in [-0.39, 0.29) is 0 Å². The molecule has 0 atom stereocenters. The smallest absolute Gasteiger partial charge is 0.181 e. The number of aryl methyl sites for hydroxylation is 1. The predicted octanol–water partition coefficient (Wildman–Crippen LogP) is 3.20. The number of rotatable bonds is 5. The number of benzene rings is 1. The average molecular weight is 335 g/mol. The molecule has 3 aromatic rings. The first-order valence-electron chi connectivity index (χ1n) is 7.06. The SMILES string of the molecule is CCSCc1nc(-c2ccc(F)c(F)c2)nn1-c1cnn(C)c1. The summed E-state index contributed by atoms with van der Waals surface area (Å²) in [4.78, 5) is 4.48. The Morgan fingerprint density at radius 3 is 2.70 bits per heavy atom. The zero-order valence-corrected chi connectivity index (χ0v) is 13.5. The van der Waals surface area contributed by atoms with Gasteiger partial charge >= 0.3 is 0 Å². The van der Waals surface area contributed by atoms with Gasteiger partial charge in [0, 0.05) is 12.6 Å². The Hall–Kier alpha value is -2.22. The molecule has 0 saturated carbocycles. The van der Waals surface area contributed by atoms with Crippen molar-refractivity contribution in [3.63, 3.8) is 0 Å². The summed E-state index contributed by atoms with van der Waals surface area (Å²) in [7, 11) is 1.82. The molecule has 0 saturated heterocycles. The molecule has 0 spiro atoms. The second-order valence-corrected chi connectivity index (χ2v) is 6.18. The van der Waals surface area contributed by atoms with Gasteiger partial charge in [0.2, 0.25) is 0 Å². The number of aromatic nitrogens is 5. The third-order valence-corrected chi connectivity index (χ3v) is 4.09. The number of halogens is 2.